The first-order chi connectivity index (χ1) is 5.86. The van der Waals surface area contributed by atoms with Crippen molar-refractivity contribution in [3.05, 3.63) is 0 Å². The van der Waals surface area contributed by atoms with Crippen LogP contribution in [0.2, 0.25) is 0 Å². The van der Waals surface area contributed by atoms with Gasteiger partial charge in [0.15, 0.2) is 0 Å². The lowest BCUT2D eigenvalue weighted by atomic mass is 9.96. The molecule has 0 heterocycles. The highest BCUT2D eigenvalue weighted by Gasteiger charge is 2.19. The van der Waals surface area contributed by atoms with Crippen LogP contribution in [0, 0.1) is 11.3 Å². The van der Waals surface area contributed by atoms with Crippen molar-refractivity contribution in [3.8, 4) is 6.07 Å². The SMILES string of the molecule is CCNC(C#N)COC1CCC1. The number of hydrogen-bond acceptors (Lipinski definition) is 3. The average Bonchev–Trinajstić information content (AvgIpc) is 2.00. The minimum Gasteiger partial charge on any atom is -0.375 e. The van der Waals surface area contributed by atoms with Gasteiger partial charge in [-0.2, -0.15) is 5.26 Å². The first-order valence-corrected chi connectivity index (χ1v) is 4.61. The fourth-order valence-electron chi connectivity index (χ4n) is 1.16. The number of nitrogens with zero attached hydrogens (tertiary/aromatic N) is 1. The van der Waals surface area contributed by atoms with Crippen molar-refractivity contribution < 1.29 is 4.74 Å². The topological polar surface area (TPSA) is 45.0 Å². The average molecular weight is 168 g/mol. The number of rotatable bonds is 5. The molecule has 0 amide bonds. The Bertz CT molecular complexity index is 160. The van der Waals surface area contributed by atoms with E-state index < -0.39 is 0 Å². The first-order valence-electron chi connectivity index (χ1n) is 4.61. The molecule has 0 radical (unpaired) electrons. The fourth-order valence-corrected chi connectivity index (χ4v) is 1.16. The third-order valence-corrected chi connectivity index (χ3v) is 2.16. The van der Waals surface area contributed by atoms with E-state index in [1.54, 1.807) is 0 Å². The molecule has 0 saturated heterocycles. The lowest BCUT2D eigenvalue weighted by molar-refractivity contribution is -0.00235. The van der Waals surface area contributed by atoms with Gasteiger partial charge in [0.25, 0.3) is 0 Å². The molecule has 0 spiro atoms. The molecule has 1 fully saturated rings. The van der Waals surface area contributed by atoms with E-state index in [9.17, 15) is 0 Å². The van der Waals surface area contributed by atoms with Gasteiger partial charge in [0.1, 0.15) is 6.04 Å². The zero-order valence-corrected chi connectivity index (χ0v) is 7.55. The van der Waals surface area contributed by atoms with Gasteiger partial charge in [-0.1, -0.05) is 6.92 Å². The molecule has 0 bridgehead atoms. The second-order valence-electron chi connectivity index (χ2n) is 3.13. The second kappa shape index (κ2) is 5.13. The van der Waals surface area contributed by atoms with Crippen LogP contribution < -0.4 is 5.32 Å². The Hall–Kier alpha value is -0.590. The van der Waals surface area contributed by atoms with Gasteiger partial charge in [-0.3, -0.25) is 0 Å². The summed E-state index contributed by atoms with van der Waals surface area (Å²) in [7, 11) is 0. The highest BCUT2D eigenvalue weighted by Crippen LogP contribution is 2.21. The maximum Gasteiger partial charge on any atom is 0.119 e. The van der Waals surface area contributed by atoms with Crippen LogP contribution in [0.4, 0.5) is 0 Å². The summed E-state index contributed by atoms with van der Waals surface area (Å²) < 4.78 is 5.50. The molecule has 12 heavy (non-hydrogen) atoms. The fraction of sp³-hybridized carbons (Fsp3) is 0.889. The predicted molar refractivity (Wildman–Crippen MR) is 46.7 cm³/mol. The van der Waals surface area contributed by atoms with Crippen LogP contribution in [-0.4, -0.2) is 25.3 Å². The Balaban J connectivity index is 2.06. The zero-order valence-electron chi connectivity index (χ0n) is 7.55. The summed E-state index contributed by atoms with van der Waals surface area (Å²) >= 11 is 0. The lowest BCUT2D eigenvalue weighted by Gasteiger charge is -2.26. The van der Waals surface area contributed by atoms with E-state index in [0.717, 1.165) is 6.54 Å². The van der Waals surface area contributed by atoms with E-state index in [2.05, 4.69) is 11.4 Å². The zero-order chi connectivity index (χ0) is 8.81. The van der Waals surface area contributed by atoms with Crippen LogP contribution in [-0.2, 0) is 4.74 Å². The van der Waals surface area contributed by atoms with Crippen molar-refractivity contribution in [2.75, 3.05) is 13.2 Å². The van der Waals surface area contributed by atoms with Gasteiger partial charge in [-0.15, -0.1) is 0 Å². The molecule has 0 aliphatic heterocycles. The van der Waals surface area contributed by atoms with Crippen molar-refractivity contribution in [3.63, 3.8) is 0 Å². The maximum atomic E-state index is 8.67. The van der Waals surface area contributed by atoms with Crippen LogP contribution >= 0.6 is 0 Å². The molecule has 1 atom stereocenters. The Kier molecular flexibility index (Phi) is 4.06. The van der Waals surface area contributed by atoms with Crippen molar-refractivity contribution >= 4 is 0 Å². The molecule has 1 saturated carbocycles. The van der Waals surface area contributed by atoms with E-state index in [4.69, 9.17) is 10.00 Å². The summed E-state index contributed by atoms with van der Waals surface area (Å²) in [5.41, 5.74) is 0. The second-order valence-corrected chi connectivity index (χ2v) is 3.13. The van der Waals surface area contributed by atoms with Crippen LogP contribution in [0.1, 0.15) is 26.2 Å². The van der Waals surface area contributed by atoms with Gasteiger partial charge < -0.3 is 10.1 Å². The molecule has 1 unspecified atom stereocenters. The largest absolute Gasteiger partial charge is 0.375 e. The van der Waals surface area contributed by atoms with Gasteiger partial charge in [-0.25, -0.2) is 0 Å². The number of ether oxygens (including phenoxy) is 1. The van der Waals surface area contributed by atoms with Crippen molar-refractivity contribution in [1.82, 2.24) is 5.32 Å². The van der Waals surface area contributed by atoms with Crippen molar-refractivity contribution in [1.29, 1.82) is 5.26 Å². The summed E-state index contributed by atoms with van der Waals surface area (Å²) in [4.78, 5) is 0. The summed E-state index contributed by atoms with van der Waals surface area (Å²) in [5, 5.41) is 11.7. The smallest absolute Gasteiger partial charge is 0.119 e. The predicted octanol–water partition coefficient (Wildman–Crippen LogP) is 1.06. The normalized spacial score (nSPS) is 19.7. The van der Waals surface area contributed by atoms with Crippen LogP contribution in [0.3, 0.4) is 0 Å². The Morgan fingerprint density at radius 3 is 2.83 bits per heavy atom. The van der Waals surface area contributed by atoms with Gasteiger partial charge in [0.2, 0.25) is 0 Å². The molecule has 1 N–H and O–H groups in total. The molecule has 1 rings (SSSR count). The third-order valence-electron chi connectivity index (χ3n) is 2.16. The molecule has 68 valence electrons. The van der Waals surface area contributed by atoms with E-state index in [1.807, 2.05) is 6.92 Å². The molecule has 1 aliphatic carbocycles. The third kappa shape index (κ3) is 2.80. The molecule has 0 aromatic rings. The van der Waals surface area contributed by atoms with Crippen LogP contribution in [0.25, 0.3) is 0 Å². The minimum atomic E-state index is -0.129. The van der Waals surface area contributed by atoms with E-state index in [0.29, 0.717) is 12.7 Å². The van der Waals surface area contributed by atoms with Crippen molar-refractivity contribution in [2.45, 2.75) is 38.3 Å². The molecule has 3 heteroatoms. The van der Waals surface area contributed by atoms with Gasteiger partial charge in [0, 0.05) is 0 Å². The van der Waals surface area contributed by atoms with Crippen LogP contribution in [0.5, 0.6) is 0 Å². The summed E-state index contributed by atoms with van der Waals surface area (Å²) in [5.74, 6) is 0. The van der Waals surface area contributed by atoms with Gasteiger partial charge >= 0.3 is 0 Å². The number of nitriles is 1. The van der Waals surface area contributed by atoms with Gasteiger partial charge in [0.05, 0.1) is 18.8 Å². The van der Waals surface area contributed by atoms with E-state index in [-0.39, 0.29) is 6.04 Å². The molecular weight excluding hydrogens is 152 g/mol. The summed E-state index contributed by atoms with van der Waals surface area (Å²) in [6.07, 6.45) is 4.05. The minimum absolute atomic E-state index is 0.129. The van der Waals surface area contributed by atoms with Crippen molar-refractivity contribution in [2.24, 2.45) is 0 Å². The van der Waals surface area contributed by atoms with E-state index in [1.165, 1.54) is 19.3 Å². The molecule has 3 nitrogen and oxygen atoms in total. The number of likely N-dealkylation sites (N-methyl/N-ethyl adjacent to an activating group) is 1. The Morgan fingerprint density at radius 1 is 1.67 bits per heavy atom. The Labute approximate surface area is 73.7 Å². The van der Waals surface area contributed by atoms with Gasteiger partial charge in [-0.05, 0) is 25.8 Å². The molecule has 0 aromatic carbocycles. The standard InChI is InChI=1S/C9H16N2O/c1-2-11-8(6-10)7-12-9-4-3-5-9/h8-9,11H,2-5,7H2,1H3. The highest BCUT2D eigenvalue weighted by molar-refractivity contribution is 4.89. The summed E-state index contributed by atoms with van der Waals surface area (Å²) in [6.45, 7) is 3.36. The van der Waals surface area contributed by atoms with E-state index >= 15 is 0 Å². The molecule has 0 aromatic heterocycles. The lowest BCUT2D eigenvalue weighted by Crippen LogP contribution is -2.35. The molecule has 1 aliphatic rings. The maximum absolute atomic E-state index is 8.67. The number of nitrogens with one attached hydrogen (secondary N) is 1. The Morgan fingerprint density at radius 2 is 2.42 bits per heavy atom. The number of hydrogen-bond donors (Lipinski definition) is 1. The van der Waals surface area contributed by atoms with Crippen LogP contribution in [0.15, 0.2) is 0 Å². The highest BCUT2D eigenvalue weighted by atomic mass is 16.5. The quantitative estimate of drug-likeness (QED) is 0.667. The molecular formula is C9H16N2O. The summed E-state index contributed by atoms with van der Waals surface area (Å²) in [6, 6.07) is 2.04. The first kappa shape index (κ1) is 9.50. The monoisotopic (exact) mass is 168 g/mol.